The van der Waals surface area contributed by atoms with Crippen LogP contribution in [0.15, 0.2) is 12.3 Å². The van der Waals surface area contributed by atoms with Gasteiger partial charge in [0, 0.05) is 25.3 Å². The van der Waals surface area contributed by atoms with Gasteiger partial charge in [-0.25, -0.2) is 4.68 Å². The van der Waals surface area contributed by atoms with Gasteiger partial charge in [0.1, 0.15) is 0 Å². The molecule has 0 aromatic carbocycles. The fourth-order valence-corrected chi connectivity index (χ4v) is 2.46. The molecule has 0 radical (unpaired) electrons. The first-order valence-corrected chi connectivity index (χ1v) is 6.41. The van der Waals surface area contributed by atoms with E-state index in [1.165, 1.54) is 6.07 Å². The lowest BCUT2D eigenvalue weighted by Gasteiger charge is -2.14. The Labute approximate surface area is 110 Å². The Bertz CT molecular complexity index is 449. The fraction of sp³-hybridized carbons (Fsp3) is 0.667. The van der Waals surface area contributed by atoms with Crippen LogP contribution in [0, 0.1) is 5.92 Å². The second kappa shape index (κ2) is 5.64. The predicted octanol–water partition coefficient (Wildman–Crippen LogP) is 1.48. The highest BCUT2D eigenvalue weighted by molar-refractivity contribution is 5.92. The summed E-state index contributed by atoms with van der Waals surface area (Å²) in [5.74, 6) is -0.0420. The molecule has 1 aromatic heterocycles. The van der Waals surface area contributed by atoms with Crippen molar-refractivity contribution >= 4 is 5.91 Å². The number of carbonyl (C=O) groups is 1. The molecule has 2 atom stereocenters. The molecule has 1 aliphatic heterocycles. The van der Waals surface area contributed by atoms with E-state index in [9.17, 15) is 13.6 Å². The molecule has 1 amide bonds. The van der Waals surface area contributed by atoms with Gasteiger partial charge in [-0.3, -0.25) is 4.79 Å². The smallest absolute Gasteiger partial charge is 0.333 e. The first-order valence-electron chi connectivity index (χ1n) is 6.41. The van der Waals surface area contributed by atoms with E-state index in [2.05, 4.69) is 12.0 Å². The molecular weight excluding hydrogens is 254 g/mol. The number of amides is 1. The Kier molecular flexibility index (Phi) is 4.14. The van der Waals surface area contributed by atoms with Gasteiger partial charge in [-0.15, -0.1) is 0 Å². The third-order valence-electron chi connectivity index (χ3n) is 3.47. The van der Waals surface area contributed by atoms with Crippen molar-refractivity contribution in [1.82, 2.24) is 14.7 Å². The third kappa shape index (κ3) is 2.91. The quantitative estimate of drug-likeness (QED) is 0.903. The first-order chi connectivity index (χ1) is 9.02. The molecule has 0 aliphatic carbocycles. The molecule has 2 N–H and O–H groups in total. The molecule has 0 saturated carbocycles. The zero-order valence-electron chi connectivity index (χ0n) is 10.8. The van der Waals surface area contributed by atoms with Gasteiger partial charge in [0.2, 0.25) is 0 Å². The van der Waals surface area contributed by atoms with Crippen molar-refractivity contribution in [2.24, 2.45) is 11.7 Å². The van der Waals surface area contributed by atoms with E-state index in [0.717, 1.165) is 19.0 Å². The zero-order chi connectivity index (χ0) is 14.0. The maximum atomic E-state index is 12.4. The minimum Gasteiger partial charge on any atom is -0.335 e. The molecule has 106 valence electrons. The SMILES string of the molecule is CCC[C@H]1CN(C(=O)c2ccn(C(F)F)n2)C[C@@H]1N. The van der Waals surface area contributed by atoms with E-state index < -0.39 is 6.55 Å². The molecule has 19 heavy (non-hydrogen) atoms. The Hall–Kier alpha value is -1.50. The van der Waals surface area contributed by atoms with Crippen LogP contribution < -0.4 is 5.73 Å². The molecule has 2 heterocycles. The van der Waals surface area contributed by atoms with E-state index in [0.29, 0.717) is 17.8 Å². The second-order valence-corrected chi connectivity index (χ2v) is 4.88. The number of halogens is 2. The Morgan fingerprint density at radius 3 is 2.89 bits per heavy atom. The highest BCUT2D eigenvalue weighted by Gasteiger charge is 2.33. The summed E-state index contributed by atoms with van der Waals surface area (Å²) in [4.78, 5) is 13.7. The van der Waals surface area contributed by atoms with Crippen LogP contribution in [0.5, 0.6) is 0 Å². The average Bonchev–Trinajstić information content (AvgIpc) is 2.97. The molecule has 0 bridgehead atoms. The van der Waals surface area contributed by atoms with Crippen molar-refractivity contribution in [2.45, 2.75) is 32.4 Å². The Morgan fingerprint density at radius 2 is 2.32 bits per heavy atom. The number of rotatable bonds is 4. The largest absolute Gasteiger partial charge is 0.335 e. The lowest BCUT2D eigenvalue weighted by molar-refractivity contribution is 0.0553. The number of aromatic nitrogens is 2. The predicted molar refractivity (Wildman–Crippen MR) is 65.8 cm³/mol. The first kappa shape index (κ1) is 13.9. The molecule has 1 fully saturated rings. The van der Waals surface area contributed by atoms with Crippen LogP contribution in [0.4, 0.5) is 8.78 Å². The van der Waals surface area contributed by atoms with Crippen molar-refractivity contribution in [3.63, 3.8) is 0 Å². The molecule has 5 nitrogen and oxygen atoms in total. The normalized spacial score (nSPS) is 23.3. The van der Waals surface area contributed by atoms with E-state index in [1.54, 1.807) is 4.90 Å². The lowest BCUT2D eigenvalue weighted by Crippen LogP contribution is -2.32. The van der Waals surface area contributed by atoms with E-state index in [4.69, 9.17) is 5.73 Å². The zero-order valence-corrected chi connectivity index (χ0v) is 10.8. The highest BCUT2D eigenvalue weighted by atomic mass is 19.3. The number of nitrogens with two attached hydrogens (primary N) is 1. The van der Waals surface area contributed by atoms with Gasteiger partial charge >= 0.3 is 6.55 Å². The van der Waals surface area contributed by atoms with Crippen molar-refractivity contribution in [3.05, 3.63) is 18.0 Å². The van der Waals surface area contributed by atoms with E-state index in [1.807, 2.05) is 0 Å². The Morgan fingerprint density at radius 1 is 1.58 bits per heavy atom. The van der Waals surface area contributed by atoms with Gasteiger partial charge in [-0.1, -0.05) is 13.3 Å². The summed E-state index contributed by atoms with van der Waals surface area (Å²) in [7, 11) is 0. The number of hydrogen-bond acceptors (Lipinski definition) is 3. The molecule has 2 rings (SSSR count). The van der Waals surface area contributed by atoms with Crippen LogP contribution in [-0.4, -0.2) is 39.7 Å². The number of carbonyl (C=O) groups excluding carboxylic acids is 1. The summed E-state index contributed by atoms with van der Waals surface area (Å²) in [6, 6.07) is 1.27. The van der Waals surface area contributed by atoms with E-state index >= 15 is 0 Å². The van der Waals surface area contributed by atoms with Gasteiger partial charge in [-0.05, 0) is 18.4 Å². The lowest BCUT2D eigenvalue weighted by atomic mass is 9.99. The van der Waals surface area contributed by atoms with Crippen molar-refractivity contribution in [3.8, 4) is 0 Å². The summed E-state index contributed by atoms with van der Waals surface area (Å²) in [6.07, 6.45) is 3.09. The molecule has 1 saturated heterocycles. The minimum atomic E-state index is -2.73. The topological polar surface area (TPSA) is 64.2 Å². The number of likely N-dealkylation sites (tertiary alicyclic amines) is 1. The Balaban J connectivity index is 2.04. The third-order valence-corrected chi connectivity index (χ3v) is 3.47. The molecular formula is C12H18F2N4O. The van der Waals surface area contributed by atoms with Gasteiger partial charge in [0.15, 0.2) is 5.69 Å². The number of alkyl halides is 2. The van der Waals surface area contributed by atoms with Gasteiger partial charge in [0.05, 0.1) is 0 Å². The maximum absolute atomic E-state index is 12.4. The van der Waals surface area contributed by atoms with Crippen LogP contribution in [-0.2, 0) is 0 Å². The number of nitrogens with zero attached hydrogens (tertiary/aromatic N) is 3. The molecule has 7 heteroatoms. The van der Waals surface area contributed by atoms with Gasteiger partial charge in [-0.2, -0.15) is 13.9 Å². The van der Waals surface area contributed by atoms with E-state index in [-0.39, 0.29) is 23.6 Å². The fourth-order valence-electron chi connectivity index (χ4n) is 2.46. The summed E-state index contributed by atoms with van der Waals surface area (Å²) < 4.78 is 25.3. The van der Waals surface area contributed by atoms with Crippen molar-refractivity contribution in [2.75, 3.05) is 13.1 Å². The summed E-state index contributed by atoms with van der Waals surface area (Å²) in [5, 5.41) is 3.58. The summed E-state index contributed by atoms with van der Waals surface area (Å²) in [6.45, 7) is 0.386. The molecule has 1 aromatic rings. The van der Waals surface area contributed by atoms with Crippen LogP contribution in [0.2, 0.25) is 0 Å². The molecule has 0 unspecified atom stereocenters. The molecule has 0 spiro atoms. The second-order valence-electron chi connectivity index (χ2n) is 4.88. The monoisotopic (exact) mass is 272 g/mol. The van der Waals surface area contributed by atoms with Crippen molar-refractivity contribution in [1.29, 1.82) is 0 Å². The molecule has 1 aliphatic rings. The average molecular weight is 272 g/mol. The minimum absolute atomic E-state index is 0.0407. The summed E-state index contributed by atoms with van der Waals surface area (Å²) >= 11 is 0. The van der Waals surface area contributed by atoms with Crippen LogP contribution in [0.25, 0.3) is 0 Å². The maximum Gasteiger partial charge on any atom is 0.333 e. The standard InChI is InChI=1S/C12H18F2N4O/c1-2-3-8-6-17(7-9(8)15)11(19)10-4-5-18(16-10)12(13)14/h4-5,8-9,12H,2-3,6-7,15H2,1H3/t8-,9-/m0/s1. The highest BCUT2D eigenvalue weighted by Crippen LogP contribution is 2.22. The number of hydrogen-bond donors (Lipinski definition) is 1. The summed E-state index contributed by atoms with van der Waals surface area (Å²) in [5.41, 5.74) is 6.03. The van der Waals surface area contributed by atoms with Gasteiger partial charge in [0.25, 0.3) is 5.91 Å². The van der Waals surface area contributed by atoms with Crippen LogP contribution in [0.1, 0.15) is 36.8 Å². The van der Waals surface area contributed by atoms with Crippen molar-refractivity contribution < 1.29 is 13.6 Å². The van der Waals surface area contributed by atoms with Gasteiger partial charge < -0.3 is 10.6 Å². The van der Waals surface area contributed by atoms with Crippen LogP contribution in [0.3, 0.4) is 0 Å². The van der Waals surface area contributed by atoms with Crippen LogP contribution >= 0.6 is 0 Å².